The van der Waals surface area contributed by atoms with Gasteiger partial charge in [0.15, 0.2) is 0 Å². The lowest BCUT2D eigenvalue weighted by molar-refractivity contribution is 0.299. The number of aromatic nitrogens is 2. The van der Waals surface area contributed by atoms with E-state index in [2.05, 4.69) is 16.9 Å². The average molecular weight is 459 g/mol. The Kier molecular flexibility index (Phi) is 4.88. The summed E-state index contributed by atoms with van der Waals surface area (Å²) < 4.78 is 36.2. The molecular weight excluding hydrogens is 436 g/mol. The van der Waals surface area contributed by atoms with Crippen LogP contribution in [0.1, 0.15) is 34.7 Å². The van der Waals surface area contributed by atoms with Gasteiger partial charge in [0.25, 0.3) is 0 Å². The zero-order valence-corrected chi connectivity index (χ0v) is 18.6. The number of nitrogens with zero attached hydrogens (tertiary/aromatic N) is 2. The maximum atomic E-state index is 14.7. The van der Waals surface area contributed by atoms with Crippen molar-refractivity contribution in [2.45, 2.75) is 19.1 Å². The number of imidazole rings is 1. The second-order valence-electron chi connectivity index (χ2n) is 9.03. The van der Waals surface area contributed by atoms with Crippen LogP contribution in [0.2, 0.25) is 0 Å². The minimum atomic E-state index is -0.414. The highest BCUT2D eigenvalue weighted by Crippen LogP contribution is 2.39. The predicted molar refractivity (Wildman–Crippen MR) is 128 cm³/mol. The minimum absolute atomic E-state index is 0.0147. The number of aromatic amines is 1. The van der Waals surface area contributed by atoms with Gasteiger partial charge in [-0.1, -0.05) is 18.2 Å². The van der Waals surface area contributed by atoms with Gasteiger partial charge in [-0.3, -0.25) is 4.57 Å². The first-order valence-corrected chi connectivity index (χ1v) is 11.3. The number of likely N-dealkylation sites (tertiary alicyclic amines) is 1. The summed E-state index contributed by atoms with van der Waals surface area (Å²) in [6.07, 6.45) is 2.87. The van der Waals surface area contributed by atoms with Crippen molar-refractivity contribution in [3.05, 3.63) is 99.0 Å². The Bertz CT molecular complexity index is 1520. The lowest BCUT2D eigenvalue weighted by atomic mass is 9.92. The van der Waals surface area contributed by atoms with Gasteiger partial charge in [-0.15, -0.1) is 0 Å². The third-order valence-corrected chi connectivity index (χ3v) is 6.80. The fourth-order valence-electron chi connectivity index (χ4n) is 5.14. The second kappa shape index (κ2) is 7.95. The molecule has 1 atom stereocenters. The molecule has 2 aliphatic rings. The Morgan fingerprint density at radius 2 is 1.97 bits per heavy atom. The van der Waals surface area contributed by atoms with Crippen molar-refractivity contribution in [2.24, 2.45) is 0 Å². The van der Waals surface area contributed by atoms with E-state index >= 15 is 0 Å². The van der Waals surface area contributed by atoms with Crippen molar-refractivity contribution in [3.8, 4) is 5.75 Å². The number of benzene rings is 3. The van der Waals surface area contributed by atoms with E-state index in [9.17, 15) is 13.6 Å². The van der Waals surface area contributed by atoms with Gasteiger partial charge in [0, 0.05) is 23.7 Å². The van der Waals surface area contributed by atoms with E-state index in [0.717, 1.165) is 41.7 Å². The summed E-state index contributed by atoms with van der Waals surface area (Å²) in [5, 5.41) is 0. The Labute approximate surface area is 194 Å². The number of nitrogens with one attached hydrogen (secondary N) is 1. The fourth-order valence-corrected chi connectivity index (χ4v) is 5.14. The normalized spacial score (nSPS) is 19.1. The first-order valence-electron chi connectivity index (χ1n) is 11.3. The number of hydrogen-bond acceptors (Lipinski definition) is 3. The van der Waals surface area contributed by atoms with E-state index in [1.807, 2.05) is 34.9 Å². The van der Waals surface area contributed by atoms with Crippen LogP contribution in [0.5, 0.6) is 5.75 Å². The zero-order chi connectivity index (χ0) is 23.4. The third-order valence-electron chi connectivity index (χ3n) is 6.80. The maximum Gasteiger partial charge on any atom is 0.326 e. The smallest absolute Gasteiger partial charge is 0.326 e. The molecule has 0 aliphatic carbocycles. The molecule has 34 heavy (non-hydrogen) atoms. The van der Waals surface area contributed by atoms with Crippen LogP contribution in [0.15, 0.2) is 59.4 Å². The summed E-state index contributed by atoms with van der Waals surface area (Å²) in [5.41, 5.74) is 4.89. The maximum absolute atomic E-state index is 14.7. The zero-order valence-electron chi connectivity index (χ0n) is 18.6. The molecule has 1 N–H and O–H groups in total. The highest BCUT2D eigenvalue weighted by atomic mass is 19.1. The lowest BCUT2D eigenvalue weighted by Gasteiger charge is -2.13. The van der Waals surface area contributed by atoms with Gasteiger partial charge in [0.2, 0.25) is 0 Å². The average Bonchev–Trinajstić information content (AvgIpc) is 3.33. The van der Waals surface area contributed by atoms with E-state index in [4.69, 9.17) is 4.74 Å². The molecule has 5 nitrogen and oxygen atoms in total. The van der Waals surface area contributed by atoms with Crippen LogP contribution >= 0.6 is 0 Å². The molecule has 0 saturated carbocycles. The Morgan fingerprint density at radius 1 is 1.09 bits per heavy atom. The molecule has 3 heterocycles. The monoisotopic (exact) mass is 459 g/mol. The van der Waals surface area contributed by atoms with Crippen molar-refractivity contribution < 1.29 is 13.5 Å². The van der Waals surface area contributed by atoms with Crippen molar-refractivity contribution in [3.63, 3.8) is 0 Å². The van der Waals surface area contributed by atoms with E-state index in [1.165, 1.54) is 18.2 Å². The topological polar surface area (TPSA) is 50.3 Å². The Balaban J connectivity index is 1.51. The van der Waals surface area contributed by atoms with Crippen molar-refractivity contribution in [2.75, 3.05) is 20.1 Å². The molecule has 3 aromatic carbocycles. The molecule has 1 fully saturated rings. The Morgan fingerprint density at radius 3 is 2.79 bits per heavy atom. The summed E-state index contributed by atoms with van der Waals surface area (Å²) in [6, 6.07) is 15.2. The molecule has 0 amide bonds. The van der Waals surface area contributed by atoms with Crippen LogP contribution in [-0.2, 0) is 6.61 Å². The minimum Gasteiger partial charge on any atom is -0.488 e. The van der Waals surface area contributed by atoms with Gasteiger partial charge < -0.3 is 14.6 Å². The Hall–Kier alpha value is -3.71. The van der Waals surface area contributed by atoms with Crippen LogP contribution in [0, 0.1) is 11.6 Å². The summed E-state index contributed by atoms with van der Waals surface area (Å²) in [5.74, 6) is -0.412. The van der Waals surface area contributed by atoms with Gasteiger partial charge in [-0.05, 0) is 73.1 Å². The predicted octanol–water partition coefficient (Wildman–Crippen LogP) is 4.97. The molecule has 172 valence electrons. The molecule has 0 unspecified atom stereocenters. The molecule has 0 bridgehead atoms. The highest BCUT2D eigenvalue weighted by Gasteiger charge is 2.25. The van der Waals surface area contributed by atoms with Crippen molar-refractivity contribution in [1.82, 2.24) is 14.5 Å². The number of ether oxygens (including phenoxy) is 1. The first-order chi connectivity index (χ1) is 16.5. The van der Waals surface area contributed by atoms with Crippen LogP contribution in [0.25, 0.3) is 22.7 Å². The molecule has 1 saturated heterocycles. The number of hydrogen-bond donors (Lipinski definition) is 1. The quantitative estimate of drug-likeness (QED) is 0.461. The van der Waals surface area contributed by atoms with E-state index < -0.39 is 5.82 Å². The molecule has 4 aromatic rings. The summed E-state index contributed by atoms with van der Waals surface area (Å²) in [6.45, 7) is 1.82. The standard InChI is InChI=1S/C27H23F2N3O2/c1-31-10-9-18(14-31)32-25-8-5-16(12-24(25)30-27(32)33)11-21-19-3-2-4-23(29)22(19)15-34-26-13-17(28)6-7-20(21)26/h2-8,11-13,18H,9-10,14-15H2,1H3,(H,30,33)/b21-11+/t18-/m1/s1. The number of rotatable bonds is 2. The van der Waals surface area contributed by atoms with Crippen molar-refractivity contribution >= 4 is 22.7 Å². The van der Waals surface area contributed by atoms with Gasteiger partial charge >= 0.3 is 5.69 Å². The van der Waals surface area contributed by atoms with Gasteiger partial charge in [0.05, 0.1) is 17.1 Å². The second-order valence-corrected chi connectivity index (χ2v) is 9.03. The summed E-state index contributed by atoms with van der Waals surface area (Å²) in [4.78, 5) is 18.0. The van der Waals surface area contributed by atoms with Gasteiger partial charge in [-0.25, -0.2) is 13.6 Å². The SMILES string of the molecule is CN1CC[C@@H](n2c(=O)[nH]c3cc(/C=C4/c5ccc(F)cc5OCc5c(F)cccc54)ccc32)C1. The number of fused-ring (bicyclic) bond motifs is 3. The largest absolute Gasteiger partial charge is 0.488 e. The molecule has 6 rings (SSSR count). The molecule has 2 aliphatic heterocycles. The number of H-pyrrole nitrogens is 1. The number of halogens is 2. The van der Waals surface area contributed by atoms with Crippen LogP contribution in [0.3, 0.4) is 0 Å². The van der Waals surface area contributed by atoms with Gasteiger partial charge in [-0.2, -0.15) is 0 Å². The molecular formula is C27H23F2N3O2. The van der Waals surface area contributed by atoms with Gasteiger partial charge in [0.1, 0.15) is 24.0 Å². The van der Waals surface area contributed by atoms with Crippen LogP contribution in [0.4, 0.5) is 8.78 Å². The molecule has 1 aromatic heterocycles. The molecule has 7 heteroatoms. The van der Waals surface area contributed by atoms with E-state index in [-0.39, 0.29) is 24.2 Å². The summed E-state index contributed by atoms with van der Waals surface area (Å²) >= 11 is 0. The fraction of sp³-hybridized carbons (Fsp3) is 0.222. The highest BCUT2D eigenvalue weighted by molar-refractivity contribution is 5.95. The van der Waals surface area contributed by atoms with Crippen LogP contribution in [-0.4, -0.2) is 34.6 Å². The number of likely N-dealkylation sites (N-methyl/N-ethyl adjacent to an activating group) is 1. The lowest BCUT2D eigenvalue weighted by Crippen LogP contribution is -2.24. The molecule has 0 radical (unpaired) electrons. The molecule has 0 spiro atoms. The first kappa shape index (κ1) is 20.9. The van der Waals surface area contributed by atoms with E-state index in [0.29, 0.717) is 22.4 Å². The van der Waals surface area contributed by atoms with Crippen LogP contribution < -0.4 is 10.4 Å². The van der Waals surface area contributed by atoms with E-state index in [1.54, 1.807) is 12.1 Å². The van der Waals surface area contributed by atoms with Crippen molar-refractivity contribution in [1.29, 1.82) is 0 Å². The summed E-state index contributed by atoms with van der Waals surface area (Å²) in [7, 11) is 2.06. The third kappa shape index (κ3) is 3.44.